The molecular formula is C18H22N2O7. The lowest BCUT2D eigenvalue weighted by Gasteiger charge is -2.40. The summed E-state index contributed by atoms with van der Waals surface area (Å²) in [4.78, 5) is 26.7. The van der Waals surface area contributed by atoms with E-state index in [1.54, 1.807) is 25.1 Å². The van der Waals surface area contributed by atoms with Crippen molar-refractivity contribution in [1.82, 2.24) is 4.98 Å². The van der Waals surface area contributed by atoms with E-state index < -0.39 is 37.3 Å². The van der Waals surface area contributed by atoms with E-state index in [9.17, 15) is 24.9 Å². The first-order valence-corrected chi connectivity index (χ1v) is 8.49. The molecule has 146 valence electrons. The van der Waals surface area contributed by atoms with Gasteiger partial charge < -0.3 is 35.5 Å². The standard InChI is InChI=1S/C18H22N2O7/c1-7-13(8(2)22)10-4-3-9(5-11(10)20-17(7)25)19-14-16(24)15(23)12(6-21)27-18(14)26/h3-5,12,14-16,18-19,21,23-24,26H,6H2,1-2H3,(H,20,25)/t12?,14?,15-,16?,18?/m0/s1. The fourth-order valence-electron chi connectivity index (χ4n) is 3.39. The van der Waals surface area contributed by atoms with Gasteiger partial charge in [0.05, 0.1) is 12.1 Å². The molecule has 4 unspecified atom stereocenters. The Bertz CT molecular complexity index is 926. The zero-order chi connectivity index (χ0) is 19.9. The van der Waals surface area contributed by atoms with Gasteiger partial charge in [-0.05, 0) is 26.0 Å². The van der Waals surface area contributed by atoms with Crippen LogP contribution in [0.3, 0.4) is 0 Å². The van der Waals surface area contributed by atoms with Crippen LogP contribution in [0.1, 0.15) is 22.8 Å². The second kappa shape index (κ2) is 7.37. The summed E-state index contributed by atoms with van der Waals surface area (Å²) < 4.78 is 5.11. The fraction of sp³-hybridized carbons (Fsp3) is 0.444. The number of Topliss-reactive ketones (excluding diaryl/α,β-unsaturated/α-hetero) is 1. The van der Waals surface area contributed by atoms with Crippen LogP contribution in [0.4, 0.5) is 5.69 Å². The Hall–Kier alpha value is -2.30. The van der Waals surface area contributed by atoms with Gasteiger partial charge in [-0.1, -0.05) is 6.07 Å². The molecule has 1 aliphatic heterocycles. The number of anilines is 1. The third kappa shape index (κ3) is 3.47. The summed E-state index contributed by atoms with van der Waals surface area (Å²) in [5, 5.41) is 42.8. The second-order valence-electron chi connectivity index (χ2n) is 6.67. The molecule has 27 heavy (non-hydrogen) atoms. The van der Waals surface area contributed by atoms with Crippen molar-refractivity contribution >= 4 is 22.4 Å². The van der Waals surface area contributed by atoms with Crippen LogP contribution in [0.2, 0.25) is 0 Å². The molecule has 1 saturated heterocycles. The third-order valence-corrected chi connectivity index (χ3v) is 4.84. The molecule has 0 amide bonds. The Morgan fingerprint density at radius 1 is 1.26 bits per heavy atom. The normalized spacial score (nSPS) is 28.3. The van der Waals surface area contributed by atoms with Gasteiger partial charge in [0.15, 0.2) is 12.1 Å². The predicted octanol–water partition coefficient (Wildman–Crippen LogP) is -0.749. The summed E-state index contributed by atoms with van der Waals surface area (Å²) in [6.07, 6.45) is -5.35. The summed E-state index contributed by atoms with van der Waals surface area (Å²) in [5.41, 5.74) is 1.13. The molecule has 0 spiro atoms. The van der Waals surface area contributed by atoms with Gasteiger partial charge in [0.25, 0.3) is 5.56 Å². The molecule has 1 aromatic heterocycles. The molecular weight excluding hydrogens is 356 g/mol. The lowest BCUT2D eigenvalue weighted by Crippen LogP contribution is -2.61. The number of hydrogen-bond acceptors (Lipinski definition) is 8. The number of aliphatic hydroxyl groups excluding tert-OH is 4. The molecule has 5 atom stereocenters. The Morgan fingerprint density at radius 3 is 2.59 bits per heavy atom. The second-order valence-corrected chi connectivity index (χ2v) is 6.67. The maximum atomic E-state index is 12.1. The molecule has 1 aliphatic rings. The summed E-state index contributed by atoms with van der Waals surface area (Å²) >= 11 is 0. The van der Waals surface area contributed by atoms with E-state index in [1.807, 2.05) is 0 Å². The number of fused-ring (bicyclic) bond motifs is 1. The number of benzene rings is 1. The van der Waals surface area contributed by atoms with E-state index in [-0.39, 0.29) is 11.3 Å². The van der Waals surface area contributed by atoms with E-state index in [0.29, 0.717) is 27.7 Å². The molecule has 0 bridgehead atoms. The monoisotopic (exact) mass is 378 g/mol. The molecule has 3 rings (SSSR count). The number of carbonyl (C=O) groups excluding carboxylic acids is 1. The molecule has 9 nitrogen and oxygen atoms in total. The highest BCUT2D eigenvalue weighted by atomic mass is 16.6. The number of ether oxygens (including phenoxy) is 1. The lowest BCUT2D eigenvalue weighted by molar-refractivity contribution is -0.245. The zero-order valence-corrected chi connectivity index (χ0v) is 14.8. The summed E-state index contributed by atoms with van der Waals surface area (Å²) in [5.74, 6) is -0.228. The number of aromatic amines is 1. The highest BCUT2D eigenvalue weighted by Crippen LogP contribution is 2.26. The number of carbonyl (C=O) groups is 1. The quantitative estimate of drug-likeness (QED) is 0.380. The summed E-state index contributed by atoms with van der Waals surface area (Å²) in [6, 6.07) is 3.76. The smallest absolute Gasteiger partial charge is 0.252 e. The fourth-order valence-corrected chi connectivity index (χ4v) is 3.39. The molecule has 1 fully saturated rings. The van der Waals surface area contributed by atoms with Crippen molar-refractivity contribution in [3.63, 3.8) is 0 Å². The maximum absolute atomic E-state index is 12.1. The lowest BCUT2D eigenvalue weighted by atomic mass is 9.96. The Balaban J connectivity index is 1.96. The van der Waals surface area contributed by atoms with Crippen molar-refractivity contribution in [1.29, 1.82) is 0 Å². The van der Waals surface area contributed by atoms with Crippen LogP contribution in [0, 0.1) is 6.92 Å². The van der Waals surface area contributed by atoms with Crippen LogP contribution < -0.4 is 10.9 Å². The summed E-state index contributed by atoms with van der Waals surface area (Å²) in [7, 11) is 0. The van der Waals surface area contributed by atoms with Gasteiger partial charge in [-0.3, -0.25) is 9.59 Å². The molecule has 0 aliphatic carbocycles. The van der Waals surface area contributed by atoms with Crippen molar-refractivity contribution < 1.29 is 30.0 Å². The third-order valence-electron chi connectivity index (χ3n) is 4.84. The van der Waals surface area contributed by atoms with Crippen LogP contribution in [-0.2, 0) is 4.74 Å². The van der Waals surface area contributed by atoms with E-state index >= 15 is 0 Å². The van der Waals surface area contributed by atoms with Gasteiger partial charge in [-0.2, -0.15) is 0 Å². The first kappa shape index (κ1) is 19.5. The van der Waals surface area contributed by atoms with Crippen LogP contribution in [0.5, 0.6) is 0 Å². The van der Waals surface area contributed by atoms with Gasteiger partial charge >= 0.3 is 0 Å². The minimum Gasteiger partial charge on any atom is -0.394 e. The highest BCUT2D eigenvalue weighted by Gasteiger charge is 2.43. The minimum atomic E-state index is -1.47. The predicted molar refractivity (Wildman–Crippen MR) is 96.7 cm³/mol. The molecule has 6 N–H and O–H groups in total. The number of aliphatic hydroxyl groups is 4. The number of nitrogens with one attached hydrogen (secondary N) is 2. The Labute approximate surface area is 154 Å². The first-order chi connectivity index (χ1) is 12.7. The SMILES string of the molecule is CC(=O)c1c(C)c(=O)[nH]c2cc(NC3C(O)OC(CO)[C@H](O)C3O)ccc12. The van der Waals surface area contributed by atoms with Crippen LogP contribution in [-0.4, -0.2) is 68.4 Å². The average Bonchev–Trinajstić information content (AvgIpc) is 2.62. The Morgan fingerprint density at radius 2 is 1.96 bits per heavy atom. The van der Waals surface area contributed by atoms with Crippen LogP contribution in [0.25, 0.3) is 10.9 Å². The van der Waals surface area contributed by atoms with Crippen molar-refractivity contribution in [2.24, 2.45) is 0 Å². The molecule has 9 heteroatoms. The molecule has 0 radical (unpaired) electrons. The van der Waals surface area contributed by atoms with Crippen molar-refractivity contribution in [3.8, 4) is 0 Å². The molecule has 2 heterocycles. The number of ketones is 1. The highest BCUT2D eigenvalue weighted by molar-refractivity contribution is 6.07. The van der Waals surface area contributed by atoms with Crippen molar-refractivity contribution in [2.75, 3.05) is 11.9 Å². The Kier molecular flexibility index (Phi) is 5.31. The van der Waals surface area contributed by atoms with Gasteiger partial charge in [0.1, 0.15) is 24.4 Å². The number of rotatable bonds is 4. The van der Waals surface area contributed by atoms with Gasteiger partial charge in [0.2, 0.25) is 0 Å². The van der Waals surface area contributed by atoms with Gasteiger partial charge in [-0.25, -0.2) is 0 Å². The largest absolute Gasteiger partial charge is 0.394 e. The van der Waals surface area contributed by atoms with Gasteiger partial charge in [-0.15, -0.1) is 0 Å². The van der Waals surface area contributed by atoms with Gasteiger partial charge in [0, 0.05) is 22.2 Å². The summed E-state index contributed by atoms with van der Waals surface area (Å²) in [6.45, 7) is 2.41. The number of pyridine rings is 1. The number of H-pyrrole nitrogens is 1. The van der Waals surface area contributed by atoms with E-state index in [2.05, 4.69) is 10.3 Å². The van der Waals surface area contributed by atoms with Crippen molar-refractivity contribution in [2.45, 2.75) is 44.5 Å². The average molecular weight is 378 g/mol. The number of hydrogen-bond donors (Lipinski definition) is 6. The zero-order valence-electron chi connectivity index (χ0n) is 14.8. The van der Waals surface area contributed by atoms with Crippen molar-refractivity contribution in [3.05, 3.63) is 39.7 Å². The molecule has 0 saturated carbocycles. The minimum absolute atomic E-state index is 0.228. The maximum Gasteiger partial charge on any atom is 0.252 e. The van der Waals surface area contributed by atoms with Crippen LogP contribution >= 0.6 is 0 Å². The van der Waals surface area contributed by atoms with E-state index in [1.165, 1.54) is 6.92 Å². The first-order valence-electron chi connectivity index (χ1n) is 8.49. The van der Waals surface area contributed by atoms with E-state index in [0.717, 1.165) is 0 Å². The van der Waals surface area contributed by atoms with E-state index in [4.69, 9.17) is 9.84 Å². The van der Waals surface area contributed by atoms with Crippen LogP contribution in [0.15, 0.2) is 23.0 Å². The number of aromatic nitrogens is 1. The molecule has 2 aromatic rings. The molecule has 1 aromatic carbocycles. The topological polar surface area (TPSA) is 152 Å².